The van der Waals surface area contributed by atoms with E-state index in [1.54, 1.807) is 12.1 Å². The number of carbonyl (C=O) groups is 1. The molecule has 0 unspecified atom stereocenters. The minimum absolute atomic E-state index is 0.0522. The van der Waals surface area contributed by atoms with E-state index < -0.39 is 0 Å². The Labute approximate surface area is 78.3 Å². The van der Waals surface area contributed by atoms with E-state index in [4.69, 9.17) is 0 Å². The molecule has 0 saturated heterocycles. The van der Waals surface area contributed by atoms with E-state index in [1.165, 1.54) is 0 Å². The molecule has 1 aromatic rings. The number of benzene rings is 1. The zero-order valence-electron chi connectivity index (χ0n) is 7.71. The van der Waals surface area contributed by atoms with Crippen molar-refractivity contribution in [3.63, 3.8) is 0 Å². The molecule has 0 aliphatic carbocycles. The molecule has 0 heterocycles. The lowest BCUT2D eigenvalue weighted by Gasteiger charge is -2.03. The van der Waals surface area contributed by atoms with Gasteiger partial charge >= 0.3 is 0 Å². The van der Waals surface area contributed by atoms with Gasteiger partial charge in [0.1, 0.15) is 0 Å². The molecule has 1 aromatic carbocycles. The van der Waals surface area contributed by atoms with Gasteiger partial charge < -0.3 is 5.32 Å². The summed E-state index contributed by atoms with van der Waals surface area (Å²) in [6, 6.07) is 9.14. The third kappa shape index (κ3) is 3.11. The van der Waals surface area contributed by atoms with Gasteiger partial charge in [-0.05, 0) is 19.1 Å². The van der Waals surface area contributed by atoms with Crippen LogP contribution >= 0.6 is 0 Å². The smallest absolute Gasteiger partial charge is 0.251 e. The van der Waals surface area contributed by atoms with Gasteiger partial charge in [0, 0.05) is 12.1 Å². The number of nitrogens with one attached hydrogen (secondary N) is 1. The average Bonchev–Trinajstić information content (AvgIpc) is 2.15. The van der Waals surface area contributed by atoms with Crippen molar-refractivity contribution >= 4 is 5.91 Å². The number of hydrogen-bond donors (Lipinski definition) is 1. The minimum atomic E-state index is -0.0522. The van der Waals surface area contributed by atoms with Gasteiger partial charge in [0.15, 0.2) is 0 Å². The molecule has 1 rings (SSSR count). The van der Waals surface area contributed by atoms with Crippen molar-refractivity contribution in [3.8, 4) is 0 Å². The van der Waals surface area contributed by atoms with Crippen LogP contribution in [0.1, 0.15) is 17.3 Å². The van der Waals surface area contributed by atoms with Crippen LogP contribution in [0.4, 0.5) is 0 Å². The van der Waals surface area contributed by atoms with E-state index >= 15 is 0 Å². The Morgan fingerprint density at radius 2 is 2.00 bits per heavy atom. The number of amides is 1. The molecular weight excluding hydrogens is 162 g/mol. The molecule has 0 spiro atoms. The third-order valence-corrected chi connectivity index (χ3v) is 1.59. The van der Waals surface area contributed by atoms with Gasteiger partial charge in [-0.15, -0.1) is 0 Å². The van der Waals surface area contributed by atoms with E-state index in [0.717, 1.165) is 5.57 Å². The van der Waals surface area contributed by atoms with Gasteiger partial charge in [-0.25, -0.2) is 0 Å². The largest absolute Gasteiger partial charge is 0.348 e. The van der Waals surface area contributed by atoms with Crippen molar-refractivity contribution < 1.29 is 4.79 Å². The van der Waals surface area contributed by atoms with Crippen LogP contribution in [-0.4, -0.2) is 12.5 Å². The highest BCUT2D eigenvalue weighted by Crippen LogP contribution is 1.97. The molecule has 68 valence electrons. The molecule has 2 heteroatoms. The summed E-state index contributed by atoms with van der Waals surface area (Å²) in [6.45, 7) is 6.12. The Bertz CT molecular complexity index is 303. The molecule has 1 amide bonds. The lowest BCUT2D eigenvalue weighted by molar-refractivity contribution is 0.0957. The van der Waals surface area contributed by atoms with Crippen LogP contribution in [0.5, 0.6) is 0 Å². The molecule has 0 aliphatic heterocycles. The maximum atomic E-state index is 11.4. The molecule has 0 saturated carbocycles. The van der Waals surface area contributed by atoms with Crippen molar-refractivity contribution in [2.45, 2.75) is 6.92 Å². The fourth-order valence-corrected chi connectivity index (χ4v) is 0.923. The van der Waals surface area contributed by atoms with Gasteiger partial charge in [-0.1, -0.05) is 30.4 Å². The average molecular weight is 175 g/mol. The van der Waals surface area contributed by atoms with Crippen LogP contribution in [0.15, 0.2) is 42.5 Å². The Hall–Kier alpha value is -1.57. The molecule has 1 N–H and O–H groups in total. The molecule has 0 bridgehead atoms. The first-order valence-corrected chi connectivity index (χ1v) is 4.18. The van der Waals surface area contributed by atoms with E-state index in [2.05, 4.69) is 11.9 Å². The molecule has 0 aliphatic rings. The first kappa shape index (κ1) is 9.52. The standard InChI is InChI=1S/C11H13NO/c1-9(2)8-12-11(13)10-6-4-3-5-7-10/h3-7H,1,8H2,2H3,(H,12,13). The summed E-state index contributed by atoms with van der Waals surface area (Å²) in [5, 5.41) is 2.76. The van der Waals surface area contributed by atoms with E-state index in [-0.39, 0.29) is 5.91 Å². The van der Waals surface area contributed by atoms with Gasteiger partial charge in [-0.2, -0.15) is 0 Å². The maximum absolute atomic E-state index is 11.4. The van der Waals surface area contributed by atoms with Crippen molar-refractivity contribution in [1.82, 2.24) is 5.32 Å². The van der Waals surface area contributed by atoms with Gasteiger partial charge in [0.2, 0.25) is 0 Å². The van der Waals surface area contributed by atoms with E-state index in [1.807, 2.05) is 25.1 Å². The zero-order chi connectivity index (χ0) is 9.68. The summed E-state index contributed by atoms with van der Waals surface area (Å²) in [6.07, 6.45) is 0. The highest BCUT2D eigenvalue weighted by Gasteiger charge is 2.01. The number of hydrogen-bond acceptors (Lipinski definition) is 1. The highest BCUT2D eigenvalue weighted by atomic mass is 16.1. The summed E-state index contributed by atoms with van der Waals surface area (Å²) >= 11 is 0. The van der Waals surface area contributed by atoms with Crippen LogP contribution in [0.2, 0.25) is 0 Å². The highest BCUT2D eigenvalue weighted by molar-refractivity contribution is 5.94. The van der Waals surface area contributed by atoms with E-state index in [9.17, 15) is 4.79 Å². The normalized spacial score (nSPS) is 9.31. The lowest BCUT2D eigenvalue weighted by atomic mass is 10.2. The van der Waals surface area contributed by atoms with Gasteiger partial charge in [-0.3, -0.25) is 4.79 Å². The van der Waals surface area contributed by atoms with Crippen LogP contribution in [0, 0.1) is 0 Å². The van der Waals surface area contributed by atoms with Crippen molar-refractivity contribution in [3.05, 3.63) is 48.0 Å². The molecule has 0 aromatic heterocycles. The molecule has 0 atom stereocenters. The third-order valence-electron chi connectivity index (χ3n) is 1.59. The van der Waals surface area contributed by atoms with Gasteiger partial charge in [0.25, 0.3) is 5.91 Å². The summed E-state index contributed by atoms with van der Waals surface area (Å²) in [5.41, 5.74) is 1.63. The predicted octanol–water partition coefficient (Wildman–Crippen LogP) is 1.99. The SMILES string of the molecule is C=C(C)CNC(=O)c1ccccc1. The monoisotopic (exact) mass is 175 g/mol. The van der Waals surface area contributed by atoms with Crippen LogP contribution < -0.4 is 5.32 Å². The van der Waals surface area contributed by atoms with Crippen molar-refractivity contribution in [2.24, 2.45) is 0 Å². The molecule has 2 nitrogen and oxygen atoms in total. The summed E-state index contributed by atoms with van der Waals surface area (Å²) in [7, 11) is 0. The topological polar surface area (TPSA) is 29.1 Å². The quantitative estimate of drug-likeness (QED) is 0.699. The molecule has 0 fully saturated rings. The van der Waals surface area contributed by atoms with E-state index in [0.29, 0.717) is 12.1 Å². The fraction of sp³-hybridized carbons (Fsp3) is 0.182. The summed E-state index contributed by atoms with van der Waals surface area (Å²) in [4.78, 5) is 11.4. The van der Waals surface area contributed by atoms with Gasteiger partial charge in [0.05, 0.1) is 0 Å². The Kier molecular flexibility index (Phi) is 3.26. The second-order valence-corrected chi connectivity index (χ2v) is 3.01. The zero-order valence-corrected chi connectivity index (χ0v) is 7.71. The minimum Gasteiger partial charge on any atom is -0.348 e. The van der Waals surface area contributed by atoms with Crippen molar-refractivity contribution in [2.75, 3.05) is 6.54 Å². The van der Waals surface area contributed by atoms with Crippen LogP contribution in [-0.2, 0) is 0 Å². The first-order chi connectivity index (χ1) is 6.20. The van der Waals surface area contributed by atoms with Crippen LogP contribution in [0.3, 0.4) is 0 Å². The molecular formula is C11H13NO. The number of carbonyl (C=O) groups excluding carboxylic acids is 1. The molecule has 13 heavy (non-hydrogen) atoms. The van der Waals surface area contributed by atoms with Crippen LogP contribution in [0.25, 0.3) is 0 Å². The molecule has 0 radical (unpaired) electrons. The second kappa shape index (κ2) is 4.45. The first-order valence-electron chi connectivity index (χ1n) is 4.18. The Morgan fingerprint density at radius 1 is 1.38 bits per heavy atom. The number of rotatable bonds is 3. The summed E-state index contributed by atoms with van der Waals surface area (Å²) < 4.78 is 0. The second-order valence-electron chi connectivity index (χ2n) is 3.01. The fourth-order valence-electron chi connectivity index (χ4n) is 0.923. The Balaban J connectivity index is 2.54. The lowest BCUT2D eigenvalue weighted by Crippen LogP contribution is -2.24. The predicted molar refractivity (Wildman–Crippen MR) is 53.6 cm³/mol. The maximum Gasteiger partial charge on any atom is 0.251 e. The van der Waals surface area contributed by atoms with Crippen molar-refractivity contribution in [1.29, 1.82) is 0 Å². The summed E-state index contributed by atoms with van der Waals surface area (Å²) in [5.74, 6) is -0.0522. The Morgan fingerprint density at radius 3 is 2.54 bits per heavy atom.